The van der Waals surface area contributed by atoms with Crippen molar-refractivity contribution in [3.05, 3.63) is 39.3 Å². The molecule has 0 saturated carbocycles. The van der Waals surface area contributed by atoms with Crippen molar-refractivity contribution in [2.24, 2.45) is 0 Å². The first kappa shape index (κ1) is 12.2. The number of nitrogens with zero attached hydrogens (tertiary/aromatic N) is 1. The van der Waals surface area contributed by atoms with E-state index in [-0.39, 0.29) is 0 Å². The fourth-order valence-electron chi connectivity index (χ4n) is 1.54. The number of thiazole rings is 1. The van der Waals surface area contributed by atoms with E-state index in [0.29, 0.717) is 10.7 Å². The number of halogens is 1. The van der Waals surface area contributed by atoms with Crippen molar-refractivity contribution in [1.29, 1.82) is 0 Å². The monoisotopic (exact) mass is 267 g/mol. The van der Waals surface area contributed by atoms with E-state index in [9.17, 15) is 0 Å². The van der Waals surface area contributed by atoms with Gasteiger partial charge in [0.15, 0.2) is 0 Å². The summed E-state index contributed by atoms with van der Waals surface area (Å²) in [5, 5.41) is 7.12. The summed E-state index contributed by atoms with van der Waals surface area (Å²) < 4.78 is 0. The molecule has 90 valence electrons. The van der Waals surface area contributed by atoms with E-state index in [1.807, 2.05) is 19.1 Å². The molecule has 0 aliphatic carbocycles. The summed E-state index contributed by atoms with van der Waals surface area (Å²) >= 11 is 7.51. The molecule has 0 radical (unpaired) electrons. The second-order valence-corrected chi connectivity index (χ2v) is 5.26. The predicted molar refractivity (Wildman–Crippen MR) is 74.9 cm³/mol. The maximum Gasteiger partial charge on any atom is 0.0897 e. The fourth-order valence-corrected chi connectivity index (χ4v) is 2.37. The molecule has 3 nitrogen and oxygen atoms in total. The predicted octanol–water partition coefficient (Wildman–Crippen LogP) is 3.34. The number of hydrogen-bond donors (Lipinski definition) is 2. The van der Waals surface area contributed by atoms with E-state index < -0.39 is 0 Å². The highest BCUT2D eigenvalue weighted by atomic mass is 35.5. The minimum atomic E-state index is 0.656. The number of nitrogens with two attached hydrogens (primary N) is 1. The van der Waals surface area contributed by atoms with Crippen molar-refractivity contribution >= 4 is 34.3 Å². The Bertz CT molecular complexity index is 510. The van der Waals surface area contributed by atoms with Gasteiger partial charge in [0.05, 0.1) is 22.1 Å². The highest BCUT2D eigenvalue weighted by Gasteiger charge is 2.01. The molecule has 0 amide bonds. The molecule has 17 heavy (non-hydrogen) atoms. The van der Waals surface area contributed by atoms with Gasteiger partial charge in [-0.1, -0.05) is 11.6 Å². The van der Waals surface area contributed by atoms with E-state index in [2.05, 4.69) is 15.7 Å². The molecule has 2 rings (SSSR count). The van der Waals surface area contributed by atoms with Crippen LogP contribution in [0.25, 0.3) is 0 Å². The second-order valence-electron chi connectivity index (χ2n) is 3.77. The van der Waals surface area contributed by atoms with Crippen molar-refractivity contribution in [2.45, 2.75) is 13.3 Å². The van der Waals surface area contributed by atoms with Crippen molar-refractivity contribution in [3.63, 3.8) is 0 Å². The van der Waals surface area contributed by atoms with Gasteiger partial charge in [-0.25, -0.2) is 4.98 Å². The Hall–Kier alpha value is -1.26. The quantitative estimate of drug-likeness (QED) is 0.836. The number of hydrogen-bond acceptors (Lipinski definition) is 4. The number of benzene rings is 1. The summed E-state index contributed by atoms with van der Waals surface area (Å²) in [4.78, 5) is 4.40. The molecule has 5 heteroatoms. The summed E-state index contributed by atoms with van der Waals surface area (Å²) in [6.07, 6.45) is 0.895. The summed E-state index contributed by atoms with van der Waals surface area (Å²) in [5.74, 6) is 0. The van der Waals surface area contributed by atoms with Gasteiger partial charge in [-0.3, -0.25) is 0 Å². The molecule has 2 aromatic rings. The first-order valence-electron chi connectivity index (χ1n) is 5.35. The lowest BCUT2D eigenvalue weighted by atomic mass is 10.2. The van der Waals surface area contributed by atoms with Crippen LogP contribution < -0.4 is 11.1 Å². The molecule has 0 unspecified atom stereocenters. The third kappa shape index (κ3) is 3.35. The van der Waals surface area contributed by atoms with Crippen LogP contribution in [0, 0.1) is 6.92 Å². The Morgan fingerprint density at radius 3 is 2.94 bits per heavy atom. The normalized spacial score (nSPS) is 10.5. The number of nitrogen functional groups attached to an aromatic ring is 1. The first-order chi connectivity index (χ1) is 8.15. The molecule has 1 heterocycles. The lowest BCUT2D eigenvalue weighted by Crippen LogP contribution is -2.07. The van der Waals surface area contributed by atoms with Gasteiger partial charge in [0.25, 0.3) is 0 Å². The van der Waals surface area contributed by atoms with Crippen LogP contribution in [0.15, 0.2) is 23.6 Å². The molecule has 1 aromatic carbocycles. The van der Waals surface area contributed by atoms with Crippen LogP contribution in [-0.4, -0.2) is 11.5 Å². The zero-order chi connectivity index (χ0) is 12.3. The molecule has 0 saturated heterocycles. The molecule has 1 aromatic heterocycles. The maximum absolute atomic E-state index is 5.84. The second kappa shape index (κ2) is 5.38. The van der Waals surface area contributed by atoms with Gasteiger partial charge in [-0.2, -0.15) is 0 Å². The van der Waals surface area contributed by atoms with E-state index in [1.165, 1.54) is 0 Å². The lowest BCUT2D eigenvalue weighted by Gasteiger charge is -2.08. The van der Waals surface area contributed by atoms with Crippen molar-refractivity contribution in [1.82, 2.24) is 4.98 Å². The Balaban J connectivity index is 1.90. The molecule has 0 fully saturated rings. The lowest BCUT2D eigenvalue weighted by molar-refractivity contribution is 0.969. The fraction of sp³-hybridized carbons (Fsp3) is 0.250. The highest BCUT2D eigenvalue weighted by molar-refractivity contribution is 7.09. The van der Waals surface area contributed by atoms with Gasteiger partial charge in [-0.05, 0) is 25.1 Å². The van der Waals surface area contributed by atoms with Gasteiger partial charge in [0.2, 0.25) is 0 Å². The Morgan fingerprint density at radius 1 is 1.47 bits per heavy atom. The van der Waals surface area contributed by atoms with Crippen LogP contribution in [0.4, 0.5) is 11.4 Å². The highest BCUT2D eigenvalue weighted by Crippen LogP contribution is 2.22. The minimum absolute atomic E-state index is 0.656. The van der Waals surface area contributed by atoms with Crippen LogP contribution >= 0.6 is 22.9 Å². The Kier molecular flexibility index (Phi) is 3.86. The number of aromatic nitrogens is 1. The third-order valence-electron chi connectivity index (χ3n) is 2.38. The smallest absolute Gasteiger partial charge is 0.0897 e. The van der Waals surface area contributed by atoms with E-state index in [4.69, 9.17) is 17.3 Å². The SMILES string of the molecule is Cc1nc(CCNc2ccc(Cl)cc2N)cs1. The number of rotatable bonds is 4. The average Bonchev–Trinajstić information content (AvgIpc) is 2.68. The summed E-state index contributed by atoms with van der Waals surface area (Å²) in [7, 11) is 0. The van der Waals surface area contributed by atoms with Crippen molar-refractivity contribution < 1.29 is 0 Å². The molecule has 3 N–H and O–H groups in total. The number of nitrogens with one attached hydrogen (secondary N) is 1. The molecule has 0 spiro atoms. The molecule has 0 bridgehead atoms. The molecule has 0 aliphatic heterocycles. The van der Waals surface area contributed by atoms with Gasteiger partial charge in [0.1, 0.15) is 0 Å². The van der Waals surface area contributed by atoms with Crippen LogP contribution in [0.1, 0.15) is 10.7 Å². The summed E-state index contributed by atoms with van der Waals surface area (Å²) in [6, 6.07) is 5.47. The Morgan fingerprint density at radius 2 is 2.29 bits per heavy atom. The molecule has 0 atom stereocenters. The van der Waals surface area contributed by atoms with Crippen molar-refractivity contribution in [2.75, 3.05) is 17.6 Å². The van der Waals surface area contributed by atoms with Gasteiger partial charge in [-0.15, -0.1) is 11.3 Å². The van der Waals surface area contributed by atoms with Gasteiger partial charge in [0, 0.05) is 23.4 Å². The zero-order valence-corrected chi connectivity index (χ0v) is 11.1. The maximum atomic E-state index is 5.84. The summed E-state index contributed by atoms with van der Waals surface area (Å²) in [6.45, 7) is 2.83. The molecular weight excluding hydrogens is 254 g/mol. The van der Waals surface area contributed by atoms with E-state index in [1.54, 1.807) is 17.4 Å². The largest absolute Gasteiger partial charge is 0.397 e. The Labute approximate surface area is 110 Å². The van der Waals surface area contributed by atoms with Gasteiger partial charge >= 0.3 is 0 Å². The number of anilines is 2. The van der Waals surface area contributed by atoms with Gasteiger partial charge < -0.3 is 11.1 Å². The molecular formula is C12H14ClN3S. The topological polar surface area (TPSA) is 50.9 Å². The van der Waals surface area contributed by atoms with Crippen LogP contribution in [0.2, 0.25) is 5.02 Å². The summed E-state index contributed by atoms with van der Waals surface area (Å²) in [5.41, 5.74) is 8.55. The zero-order valence-electron chi connectivity index (χ0n) is 9.53. The van der Waals surface area contributed by atoms with Crippen LogP contribution in [0.3, 0.4) is 0 Å². The third-order valence-corrected chi connectivity index (χ3v) is 3.43. The number of aryl methyl sites for hydroxylation is 1. The minimum Gasteiger partial charge on any atom is -0.397 e. The van der Waals surface area contributed by atoms with Crippen molar-refractivity contribution in [3.8, 4) is 0 Å². The molecule has 0 aliphatic rings. The average molecular weight is 268 g/mol. The standard InChI is InChI=1S/C12H14ClN3S/c1-8-16-10(7-17-8)4-5-15-12-3-2-9(13)6-11(12)14/h2-3,6-7,15H,4-5,14H2,1H3. The van der Waals surface area contributed by atoms with Crippen LogP contribution in [-0.2, 0) is 6.42 Å². The van der Waals surface area contributed by atoms with E-state index >= 15 is 0 Å². The van der Waals surface area contributed by atoms with E-state index in [0.717, 1.165) is 29.4 Å². The first-order valence-corrected chi connectivity index (χ1v) is 6.61. The van der Waals surface area contributed by atoms with Crippen LogP contribution in [0.5, 0.6) is 0 Å².